The lowest BCUT2D eigenvalue weighted by molar-refractivity contribution is -0.0630. The van der Waals surface area contributed by atoms with Gasteiger partial charge in [0.1, 0.15) is 23.3 Å². The summed E-state index contributed by atoms with van der Waals surface area (Å²) in [6.07, 6.45) is -0.125. The van der Waals surface area contributed by atoms with Gasteiger partial charge in [-0.2, -0.15) is 0 Å². The first kappa shape index (κ1) is 24.6. The molecule has 0 spiro atoms. The average Bonchev–Trinajstić information content (AvgIpc) is 3.28. The third-order valence-electron chi connectivity index (χ3n) is 5.75. The Morgan fingerprint density at radius 2 is 2.03 bits per heavy atom. The first-order chi connectivity index (χ1) is 15.8. The lowest BCUT2D eigenvalue weighted by Gasteiger charge is -2.40. The third kappa shape index (κ3) is 5.39. The number of carbonyl (C=O) groups excluding carboxylic acids is 1. The Bertz CT molecular complexity index is 1170. The largest absolute Gasteiger partial charge is 0.444 e. The van der Waals surface area contributed by atoms with Gasteiger partial charge in [0.25, 0.3) is 0 Å². The lowest BCUT2D eigenvalue weighted by Crippen LogP contribution is -2.52. The number of amides is 1. The van der Waals surface area contributed by atoms with Gasteiger partial charge in [0.2, 0.25) is 15.0 Å². The number of imidazole rings is 1. The molecule has 2 aromatic rings. The molecule has 186 valence electrons. The monoisotopic (exact) mass is 498 g/mol. The number of ether oxygens (including phenoxy) is 2. The van der Waals surface area contributed by atoms with Crippen LogP contribution in [0.2, 0.25) is 0 Å². The van der Waals surface area contributed by atoms with Gasteiger partial charge in [-0.25, -0.2) is 27.0 Å². The lowest BCUT2D eigenvalue weighted by atomic mass is 9.92. The highest BCUT2D eigenvalue weighted by molar-refractivity contribution is 7.90. The van der Waals surface area contributed by atoms with Crippen LogP contribution in [0.5, 0.6) is 0 Å². The average molecular weight is 499 g/mol. The highest BCUT2D eigenvalue weighted by atomic mass is 32.2. The molecule has 1 aromatic heterocycles. The molecular weight excluding hydrogens is 470 g/mol. The molecule has 1 amide bonds. The highest BCUT2D eigenvalue weighted by Gasteiger charge is 2.40. The molecule has 2 aliphatic rings. The van der Waals surface area contributed by atoms with Crippen molar-refractivity contribution in [3.63, 3.8) is 0 Å². The molecule has 9 nitrogen and oxygen atoms in total. The van der Waals surface area contributed by atoms with Gasteiger partial charge >= 0.3 is 6.09 Å². The summed E-state index contributed by atoms with van der Waals surface area (Å²) < 4.78 is 63.3. The van der Waals surface area contributed by atoms with Crippen LogP contribution in [0.25, 0.3) is 0 Å². The van der Waals surface area contributed by atoms with E-state index < -0.39 is 45.3 Å². The minimum absolute atomic E-state index is 0.0191. The SMILES string of the molecule is CC(C)(C)OC(=O)N[C@H]1C[C@@H](N2Cc3nc(S(C)(=O)=O)[nH]c3C2)CO[C@@H]1c1cc(F)ccc1F. The Labute approximate surface area is 196 Å². The van der Waals surface area contributed by atoms with Gasteiger partial charge in [-0.15, -0.1) is 0 Å². The van der Waals surface area contributed by atoms with Gasteiger partial charge in [0.15, 0.2) is 0 Å². The summed E-state index contributed by atoms with van der Waals surface area (Å²) in [5, 5.41) is 2.70. The Hall–Kier alpha value is -2.57. The van der Waals surface area contributed by atoms with Gasteiger partial charge < -0.3 is 19.8 Å². The van der Waals surface area contributed by atoms with Crippen molar-refractivity contribution in [2.24, 2.45) is 0 Å². The second kappa shape index (κ2) is 8.90. The number of aromatic nitrogens is 2. The van der Waals surface area contributed by atoms with Crippen LogP contribution >= 0.6 is 0 Å². The van der Waals surface area contributed by atoms with Gasteiger partial charge in [-0.1, -0.05) is 0 Å². The number of aromatic amines is 1. The Morgan fingerprint density at radius 3 is 2.68 bits per heavy atom. The minimum Gasteiger partial charge on any atom is -0.444 e. The van der Waals surface area contributed by atoms with Crippen molar-refractivity contribution in [2.45, 2.75) is 69.2 Å². The number of hydrogen-bond donors (Lipinski definition) is 2. The minimum atomic E-state index is -3.44. The number of halogens is 2. The number of carbonyl (C=O) groups is 1. The standard InChI is InChI=1S/C22H28F2N4O5S/c1-22(2,3)33-21(29)27-16-8-13(11-32-19(16)14-7-12(23)5-6-15(14)24)28-9-17-18(10-28)26-20(25-17)34(4,30)31/h5-7,13,16,19H,8-11H2,1-4H3,(H,25,26)(H,27,29)/t13-,16+,19-/m1/s1. The summed E-state index contributed by atoms with van der Waals surface area (Å²) in [5.41, 5.74) is 0.621. The number of benzene rings is 1. The summed E-state index contributed by atoms with van der Waals surface area (Å²) in [7, 11) is -3.44. The van der Waals surface area contributed by atoms with E-state index in [0.29, 0.717) is 30.9 Å². The van der Waals surface area contributed by atoms with E-state index in [4.69, 9.17) is 9.47 Å². The van der Waals surface area contributed by atoms with Crippen LogP contribution in [0, 0.1) is 11.6 Å². The van der Waals surface area contributed by atoms with Crippen molar-refractivity contribution >= 4 is 15.9 Å². The highest BCUT2D eigenvalue weighted by Crippen LogP contribution is 2.35. The number of nitrogens with zero attached hydrogens (tertiary/aromatic N) is 2. The van der Waals surface area contributed by atoms with Crippen LogP contribution in [0.1, 0.15) is 50.2 Å². The van der Waals surface area contributed by atoms with E-state index in [1.54, 1.807) is 20.8 Å². The molecule has 0 bridgehead atoms. The fourth-order valence-electron chi connectivity index (χ4n) is 4.27. The van der Waals surface area contributed by atoms with E-state index in [-0.39, 0.29) is 23.4 Å². The van der Waals surface area contributed by atoms with E-state index in [9.17, 15) is 22.0 Å². The van der Waals surface area contributed by atoms with Crippen LogP contribution in [-0.2, 0) is 32.4 Å². The van der Waals surface area contributed by atoms with E-state index in [2.05, 4.69) is 15.3 Å². The zero-order valence-electron chi connectivity index (χ0n) is 19.4. The van der Waals surface area contributed by atoms with E-state index in [1.807, 2.05) is 4.90 Å². The van der Waals surface area contributed by atoms with Crippen LogP contribution in [0.15, 0.2) is 23.4 Å². The second-order valence-corrected chi connectivity index (χ2v) is 11.6. The Balaban J connectivity index is 1.53. The van der Waals surface area contributed by atoms with Crippen LogP contribution in [0.4, 0.5) is 13.6 Å². The van der Waals surface area contributed by atoms with Crippen molar-refractivity contribution in [2.75, 3.05) is 12.9 Å². The third-order valence-corrected chi connectivity index (χ3v) is 6.65. The molecule has 3 atom stereocenters. The number of fused-ring (bicyclic) bond motifs is 1. The summed E-state index contributed by atoms with van der Waals surface area (Å²) in [6.45, 7) is 6.21. The fraction of sp³-hybridized carbons (Fsp3) is 0.545. The fourth-order valence-corrected chi connectivity index (χ4v) is 4.85. The van der Waals surface area contributed by atoms with E-state index in [0.717, 1.165) is 24.5 Å². The quantitative estimate of drug-likeness (QED) is 0.666. The molecule has 3 heterocycles. The molecule has 0 saturated carbocycles. The van der Waals surface area contributed by atoms with E-state index >= 15 is 0 Å². The smallest absolute Gasteiger partial charge is 0.407 e. The maximum absolute atomic E-state index is 14.5. The molecule has 1 aromatic carbocycles. The predicted molar refractivity (Wildman–Crippen MR) is 118 cm³/mol. The number of H-pyrrole nitrogens is 1. The number of alkyl carbamates (subject to hydrolysis) is 1. The van der Waals surface area contributed by atoms with Crippen molar-refractivity contribution in [3.8, 4) is 0 Å². The number of rotatable bonds is 4. The molecule has 0 radical (unpaired) electrons. The first-order valence-corrected chi connectivity index (χ1v) is 12.8. The number of hydrogen-bond acceptors (Lipinski definition) is 7. The van der Waals surface area contributed by atoms with Gasteiger partial charge in [0.05, 0.1) is 24.0 Å². The van der Waals surface area contributed by atoms with Crippen LogP contribution in [-0.4, -0.2) is 59.9 Å². The molecule has 0 aliphatic carbocycles. The van der Waals surface area contributed by atoms with E-state index in [1.165, 1.54) is 0 Å². The van der Waals surface area contributed by atoms with Gasteiger partial charge in [0, 0.05) is 31.0 Å². The Kier molecular flexibility index (Phi) is 6.42. The molecule has 34 heavy (non-hydrogen) atoms. The number of nitrogens with one attached hydrogen (secondary N) is 2. The second-order valence-electron chi connectivity index (χ2n) is 9.71. The van der Waals surface area contributed by atoms with Crippen molar-refractivity contribution < 1.29 is 31.5 Å². The molecule has 0 unspecified atom stereocenters. The first-order valence-electron chi connectivity index (χ1n) is 10.9. The molecule has 2 aliphatic heterocycles. The molecule has 12 heteroatoms. The van der Waals surface area contributed by atoms with Crippen molar-refractivity contribution in [1.82, 2.24) is 20.2 Å². The maximum atomic E-state index is 14.5. The topological polar surface area (TPSA) is 114 Å². The van der Waals surface area contributed by atoms with Crippen LogP contribution < -0.4 is 5.32 Å². The molecule has 2 N–H and O–H groups in total. The Morgan fingerprint density at radius 1 is 1.29 bits per heavy atom. The zero-order chi connectivity index (χ0) is 24.8. The van der Waals surface area contributed by atoms with Crippen molar-refractivity contribution in [3.05, 3.63) is 46.8 Å². The predicted octanol–water partition coefficient (Wildman–Crippen LogP) is 2.83. The normalized spacial score (nSPS) is 23.5. The maximum Gasteiger partial charge on any atom is 0.407 e. The number of sulfone groups is 1. The van der Waals surface area contributed by atoms with Gasteiger partial charge in [-0.3, -0.25) is 4.90 Å². The molecule has 1 fully saturated rings. The van der Waals surface area contributed by atoms with Crippen molar-refractivity contribution in [1.29, 1.82) is 0 Å². The summed E-state index contributed by atoms with van der Waals surface area (Å²) in [6, 6.07) is 2.25. The molecular formula is C22H28F2N4O5S. The summed E-state index contributed by atoms with van der Waals surface area (Å²) in [5.74, 6) is -1.24. The summed E-state index contributed by atoms with van der Waals surface area (Å²) >= 11 is 0. The van der Waals surface area contributed by atoms with Gasteiger partial charge in [-0.05, 0) is 45.4 Å². The summed E-state index contributed by atoms with van der Waals surface area (Å²) in [4.78, 5) is 21.6. The molecule has 4 rings (SSSR count). The van der Waals surface area contributed by atoms with Crippen LogP contribution in [0.3, 0.4) is 0 Å². The molecule has 1 saturated heterocycles. The zero-order valence-corrected chi connectivity index (χ0v) is 20.2.